The molecule has 3 heteroatoms. The number of aliphatic hydroxyl groups excluding tert-OH is 2. The van der Waals surface area contributed by atoms with Crippen LogP contribution in [-0.2, 0) is 4.74 Å². The van der Waals surface area contributed by atoms with Crippen LogP contribution in [0.5, 0.6) is 0 Å². The molecule has 0 aromatic heterocycles. The van der Waals surface area contributed by atoms with Crippen LogP contribution >= 0.6 is 0 Å². The van der Waals surface area contributed by atoms with Gasteiger partial charge in [0.2, 0.25) is 0 Å². The summed E-state index contributed by atoms with van der Waals surface area (Å²) < 4.78 is 6.25. The van der Waals surface area contributed by atoms with E-state index in [-0.39, 0.29) is 39.8 Å². The van der Waals surface area contributed by atoms with Gasteiger partial charge in [0.05, 0.1) is 18.3 Å². The molecule has 0 aromatic rings. The molecule has 4 rings (SSSR count). The van der Waals surface area contributed by atoms with E-state index < -0.39 is 0 Å². The van der Waals surface area contributed by atoms with E-state index in [2.05, 4.69) is 61.5 Å². The highest BCUT2D eigenvalue weighted by atomic mass is 16.5. The topological polar surface area (TPSA) is 49.7 Å². The molecule has 4 aliphatic carbocycles. The Morgan fingerprint density at radius 3 is 2.29 bits per heavy atom. The minimum Gasteiger partial charge on any atom is -0.393 e. The van der Waals surface area contributed by atoms with Crippen LogP contribution < -0.4 is 0 Å². The third-order valence-electron chi connectivity index (χ3n) is 12.5. The summed E-state index contributed by atoms with van der Waals surface area (Å²) in [5.74, 6) is 2.67. The van der Waals surface area contributed by atoms with E-state index in [0.717, 1.165) is 32.1 Å². The second-order valence-corrected chi connectivity index (χ2v) is 14.6. The van der Waals surface area contributed by atoms with Crippen LogP contribution in [0.15, 0.2) is 11.6 Å². The summed E-state index contributed by atoms with van der Waals surface area (Å²) in [5, 5.41) is 22.7. The Morgan fingerprint density at radius 1 is 1.00 bits per heavy atom. The molecule has 0 heterocycles. The van der Waals surface area contributed by atoms with Gasteiger partial charge in [0.1, 0.15) is 0 Å². The molecule has 0 aromatic carbocycles. The first-order valence-electron chi connectivity index (χ1n) is 14.3. The van der Waals surface area contributed by atoms with Gasteiger partial charge in [-0.2, -0.15) is 0 Å². The van der Waals surface area contributed by atoms with Crippen molar-refractivity contribution in [2.45, 2.75) is 125 Å². The van der Waals surface area contributed by atoms with E-state index in [1.165, 1.54) is 24.8 Å². The Morgan fingerprint density at radius 2 is 1.68 bits per heavy atom. The Balaban J connectivity index is 1.68. The van der Waals surface area contributed by atoms with Gasteiger partial charge in [0, 0.05) is 7.11 Å². The number of allylic oxidation sites excluding steroid dienone is 2. The minimum absolute atomic E-state index is 0.0822. The first kappa shape index (κ1) is 26.7. The van der Waals surface area contributed by atoms with Crippen molar-refractivity contribution in [1.82, 2.24) is 0 Å². The highest BCUT2D eigenvalue weighted by molar-refractivity contribution is 5.20. The molecule has 3 nitrogen and oxygen atoms in total. The molecule has 196 valence electrons. The fourth-order valence-corrected chi connectivity index (χ4v) is 10.8. The highest BCUT2D eigenvalue weighted by Gasteiger charge is 2.71. The van der Waals surface area contributed by atoms with Gasteiger partial charge < -0.3 is 14.9 Å². The molecule has 34 heavy (non-hydrogen) atoms. The molecule has 0 amide bonds. The molecule has 11 atom stereocenters. The molecule has 0 radical (unpaired) electrons. The van der Waals surface area contributed by atoms with Crippen LogP contribution in [0, 0.1) is 51.2 Å². The van der Waals surface area contributed by atoms with E-state index in [9.17, 15) is 10.2 Å². The van der Waals surface area contributed by atoms with E-state index in [1.54, 1.807) is 0 Å². The lowest BCUT2D eigenvalue weighted by atomic mass is 9.35. The third-order valence-corrected chi connectivity index (χ3v) is 12.5. The number of methoxy groups -OCH3 is 1. The predicted octanol–water partition coefficient (Wildman–Crippen LogP) is 7.01. The van der Waals surface area contributed by atoms with E-state index >= 15 is 0 Å². The molecule has 4 saturated carbocycles. The van der Waals surface area contributed by atoms with Gasteiger partial charge in [-0.25, -0.2) is 0 Å². The van der Waals surface area contributed by atoms with Crippen LogP contribution in [0.3, 0.4) is 0 Å². The van der Waals surface area contributed by atoms with Crippen molar-refractivity contribution in [2.75, 3.05) is 7.11 Å². The van der Waals surface area contributed by atoms with E-state index in [0.29, 0.717) is 29.8 Å². The standard InChI is InChI=1S/C31H54O3/c1-19(2)11-10-12-20(3)26-21-13-14-24-29(6)16-15-25(33)28(4,5)27(29)22(32)17-31(24,8)30(21,7)18-23(26)34-9/h11,20-27,32-33H,10,12-18H2,1-9H3/t20-,21+,22-,23+,24+,25+,26-,27-,29-,30-,31-/m1/s1. The van der Waals surface area contributed by atoms with Crippen LogP contribution in [0.4, 0.5) is 0 Å². The lowest BCUT2D eigenvalue weighted by Crippen LogP contribution is -2.67. The van der Waals surface area contributed by atoms with Gasteiger partial charge in [0.25, 0.3) is 0 Å². The van der Waals surface area contributed by atoms with E-state index in [4.69, 9.17) is 4.74 Å². The summed E-state index contributed by atoms with van der Waals surface area (Å²) in [6.45, 7) is 18.9. The summed E-state index contributed by atoms with van der Waals surface area (Å²) >= 11 is 0. The number of aliphatic hydroxyl groups is 2. The largest absolute Gasteiger partial charge is 0.393 e. The van der Waals surface area contributed by atoms with Crippen molar-refractivity contribution >= 4 is 0 Å². The van der Waals surface area contributed by atoms with Gasteiger partial charge in [0.15, 0.2) is 0 Å². The number of rotatable bonds is 5. The summed E-state index contributed by atoms with van der Waals surface area (Å²) in [6, 6.07) is 0. The summed E-state index contributed by atoms with van der Waals surface area (Å²) in [7, 11) is 1.93. The van der Waals surface area contributed by atoms with Crippen LogP contribution in [0.25, 0.3) is 0 Å². The van der Waals surface area contributed by atoms with Gasteiger partial charge in [-0.05, 0) is 116 Å². The zero-order chi connectivity index (χ0) is 25.3. The summed E-state index contributed by atoms with van der Waals surface area (Å²) in [4.78, 5) is 0. The molecule has 2 N–H and O–H groups in total. The van der Waals surface area contributed by atoms with Crippen molar-refractivity contribution in [3.63, 3.8) is 0 Å². The number of ether oxygens (including phenoxy) is 1. The zero-order valence-electron chi connectivity index (χ0n) is 23.7. The average Bonchev–Trinajstić information content (AvgIpc) is 3.04. The number of hydrogen-bond acceptors (Lipinski definition) is 3. The van der Waals surface area contributed by atoms with E-state index in [1.807, 2.05) is 7.11 Å². The van der Waals surface area contributed by atoms with Crippen LogP contribution in [0.2, 0.25) is 0 Å². The average molecular weight is 475 g/mol. The zero-order valence-corrected chi connectivity index (χ0v) is 23.7. The monoisotopic (exact) mass is 474 g/mol. The SMILES string of the molecule is CO[C@H]1C[C@]2(C)[C@@H](CC[C@H]3[C@@]4(C)CC[C@H](O)C(C)(C)[C@H]4[C@H](O)C[C@]32C)[C@H]1[C@H](C)CCC=C(C)C. The predicted molar refractivity (Wildman–Crippen MR) is 140 cm³/mol. The molecule has 4 aliphatic rings. The van der Waals surface area contributed by atoms with Crippen molar-refractivity contribution in [3.05, 3.63) is 11.6 Å². The Bertz CT molecular complexity index is 784. The quantitative estimate of drug-likeness (QED) is 0.421. The van der Waals surface area contributed by atoms with Crippen molar-refractivity contribution in [1.29, 1.82) is 0 Å². The second kappa shape index (κ2) is 8.88. The van der Waals surface area contributed by atoms with Crippen LogP contribution in [-0.4, -0.2) is 35.6 Å². The third kappa shape index (κ3) is 3.69. The maximum Gasteiger partial charge on any atom is 0.0610 e. The van der Waals surface area contributed by atoms with Crippen molar-refractivity contribution < 1.29 is 14.9 Å². The molecular weight excluding hydrogens is 420 g/mol. The second-order valence-electron chi connectivity index (χ2n) is 14.6. The Kier molecular flexibility index (Phi) is 6.96. The highest BCUT2D eigenvalue weighted by Crippen LogP contribution is 2.75. The molecule has 0 bridgehead atoms. The minimum atomic E-state index is -0.345. The molecular formula is C31H54O3. The lowest BCUT2D eigenvalue weighted by molar-refractivity contribution is -0.257. The number of hydrogen-bond donors (Lipinski definition) is 2. The fraction of sp³-hybridized carbons (Fsp3) is 0.935. The van der Waals surface area contributed by atoms with Gasteiger partial charge in [-0.1, -0.05) is 53.2 Å². The Hall–Kier alpha value is -0.380. The summed E-state index contributed by atoms with van der Waals surface area (Å²) in [5.41, 5.74) is 1.54. The molecule has 0 saturated heterocycles. The molecule has 0 unspecified atom stereocenters. The number of fused-ring (bicyclic) bond motifs is 5. The van der Waals surface area contributed by atoms with Crippen LogP contribution in [0.1, 0.15) is 107 Å². The smallest absolute Gasteiger partial charge is 0.0610 e. The van der Waals surface area contributed by atoms with Gasteiger partial charge >= 0.3 is 0 Å². The lowest BCUT2D eigenvalue weighted by Gasteiger charge is -2.70. The van der Waals surface area contributed by atoms with Crippen molar-refractivity contribution in [2.24, 2.45) is 51.2 Å². The van der Waals surface area contributed by atoms with Gasteiger partial charge in [-0.15, -0.1) is 0 Å². The first-order chi connectivity index (χ1) is 15.7. The maximum absolute atomic E-state index is 11.8. The maximum atomic E-state index is 11.8. The first-order valence-corrected chi connectivity index (χ1v) is 14.3. The van der Waals surface area contributed by atoms with Crippen molar-refractivity contribution in [3.8, 4) is 0 Å². The molecule has 0 spiro atoms. The molecule has 0 aliphatic heterocycles. The fourth-order valence-electron chi connectivity index (χ4n) is 10.8. The van der Waals surface area contributed by atoms with Gasteiger partial charge in [-0.3, -0.25) is 0 Å². The normalized spacial score (nSPS) is 50.6. The Labute approximate surface area is 210 Å². The summed E-state index contributed by atoms with van der Waals surface area (Å²) in [6.07, 6.45) is 10.9. The molecule has 4 fully saturated rings.